The molecule has 0 aliphatic carbocycles. The Hall–Kier alpha value is -3.52. The van der Waals surface area contributed by atoms with Gasteiger partial charge in [-0.15, -0.1) is 11.8 Å². The molecule has 0 aliphatic heterocycles. The second-order valence-electron chi connectivity index (χ2n) is 9.57. The maximum atomic E-state index is 13.5. The monoisotopic (exact) mass is 522 g/mol. The molecule has 0 bridgehead atoms. The Kier molecular flexibility index (Phi) is 8.86. The Morgan fingerprint density at radius 3 is 2.38 bits per heavy atom. The first-order valence-electron chi connectivity index (χ1n) is 11.9. The van der Waals surface area contributed by atoms with Gasteiger partial charge in [-0.25, -0.2) is 9.59 Å². The SMILES string of the molecule is COC(=O)c1ccccc1-c1cc(SC)cc(N(Cc2ncc(C)c(OC)c2C)C(=O)OC(C)(C)C)c1. The number of thioether (sulfide) groups is 1. The summed E-state index contributed by atoms with van der Waals surface area (Å²) in [7, 11) is 2.98. The highest BCUT2D eigenvalue weighted by atomic mass is 32.2. The van der Waals surface area contributed by atoms with Crippen LogP contribution in [-0.4, -0.2) is 43.1 Å². The van der Waals surface area contributed by atoms with E-state index in [-0.39, 0.29) is 6.54 Å². The first-order chi connectivity index (χ1) is 17.5. The molecule has 37 heavy (non-hydrogen) atoms. The first-order valence-corrected chi connectivity index (χ1v) is 13.1. The van der Waals surface area contributed by atoms with Crippen LogP contribution in [-0.2, 0) is 16.0 Å². The molecule has 0 radical (unpaired) electrons. The number of ether oxygens (including phenoxy) is 3. The van der Waals surface area contributed by atoms with Crippen molar-refractivity contribution in [2.75, 3.05) is 25.4 Å². The molecule has 0 atom stereocenters. The molecule has 1 amide bonds. The van der Waals surface area contributed by atoms with E-state index in [0.29, 0.717) is 22.5 Å². The van der Waals surface area contributed by atoms with Gasteiger partial charge in [0.15, 0.2) is 0 Å². The maximum Gasteiger partial charge on any atom is 0.415 e. The van der Waals surface area contributed by atoms with Gasteiger partial charge in [0, 0.05) is 27.9 Å². The molecular weight excluding hydrogens is 488 g/mol. The Morgan fingerprint density at radius 1 is 1.05 bits per heavy atom. The summed E-state index contributed by atoms with van der Waals surface area (Å²) >= 11 is 1.54. The Labute approximate surface area is 223 Å². The standard InChI is InChI=1S/C29H34N2O5S/c1-18-16-30-25(19(2)26(18)34-6)17-31(28(33)36-29(3,4)5)21-13-20(14-22(15-21)37-8)23-11-9-10-12-24(23)27(32)35-7/h9-16H,17H2,1-8H3. The van der Waals surface area contributed by atoms with Gasteiger partial charge in [0.25, 0.3) is 0 Å². The Morgan fingerprint density at radius 2 is 1.76 bits per heavy atom. The molecule has 7 nitrogen and oxygen atoms in total. The van der Waals surface area contributed by atoms with Gasteiger partial charge in [-0.05, 0) is 76.3 Å². The van der Waals surface area contributed by atoms with E-state index in [2.05, 4.69) is 4.98 Å². The van der Waals surface area contributed by atoms with E-state index in [1.165, 1.54) is 7.11 Å². The predicted octanol–water partition coefficient (Wildman–Crippen LogP) is 6.82. The number of hydrogen-bond acceptors (Lipinski definition) is 7. The number of benzene rings is 2. The number of carbonyl (C=O) groups excluding carboxylic acids is 2. The van der Waals surface area contributed by atoms with Crippen molar-refractivity contribution >= 4 is 29.5 Å². The summed E-state index contributed by atoms with van der Waals surface area (Å²) in [4.78, 5) is 33.1. The zero-order valence-corrected chi connectivity index (χ0v) is 23.5. The number of carbonyl (C=O) groups is 2. The molecule has 0 aliphatic rings. The summed E-state index contributed by atoms with van der Waals surface area (Å²) in [5, 5.41) is 0. The molecule has 8 heteroatoms. The number of rotatable bonds is 7. The molecule has 3 rings (SSSR count). The van der Waals surface area contributed by atoms with E-state index < -0.39 is 17.7 Å². The highest BCUT2D eigenvalue weighted by Crippen LogP contribution is 2.35. The number of methoxy groups -OCH3 is 2. The van der Waals surface area contributed by atoms with E-state index >= 15 is 0 Å². The van der Waals surface area contributed by atoms with Gasteiger partial charge in [-0.3, -0.25) is 9.88 Å². The highest BCUT2D eigenvalue weighted by Gasteiger charge is 2.26. The number of esters is 1. The third-order valence-electron chi connectivity index (χ3n) is 5.75. The van der Waals surface area contributed by atoms with Crippen LogP contribution in [0.5, 0.6) is 5.75 Å². The van der Waals surface area contributed by atoms with Crippen LogP contribution in [0.3, 0.4) is 0 Å². The van der Waals surface area contributed by atoms with Crippen molar-refractivity contribution < 1.29 is 23.8 Å². The number of pyridine rings is 1. The normalized spacial score (nSPS) is 11.1. The van der Waals surface area contributed by atoms with E-state index in [4.69, 9.17) is 14.2 Å². The van der Waals surface area contributed by atoms with Crippen LogP contribution in [0.2, 0.25) is 0 Å². The number of hydrogen-bond donors (Lipinski definition) is 0. The molecule has 2 aromatic carbocycles. The highest BCUT2D eigenvalue weighted by molar-refractivity contribution is 7.98. The summed E-state index contributed by atoms with van der Waals surface area (Å²) in [6, 6.07) is 13.0. The zero-order valence-electron chi connectivity index (χ0n) is 22.7. The lowest BCUT2D eigenvalue weighted by Crippen LogP contribution is -2.37. The van der Waals surface area contributed by atoms with Crippen LogP contribution in [0.25, 0.3) is 11.1 Å². The van der Waals surface area contributed by atoms with Crippen LogP contribution >= 0.6 is 11.8 Å². The lowest BCUT2D eigenvalue weighted by molar-refractivity contribution is 0.0573. The van der Waals surface area contributed by atoms with Crippen molar-refractivity contribution in [3.05, 3.63) is 71.0 Å². The van der Waals surface area contributed by atoms with E-state index in [1.807, 2.05) is 71.2 Å². The molecule has 0 saturated carbocycles. The predicted molar refractivity (Wildman–Crippen MR) is 148 cm³/mol. The topological polar surface area (TPSA) is 78.0 Å². The van der Waals surface area contributed by atoms with E-state index in [9.17, 15) is 9.59 Å². The van der Waals surface area contributed by atoms with Gasteiger partial charge in [-0.1, -0.05) is 18.2 Å². The average Bonchev–Trinajstić information content (AvgIpc) is 2.86. The van der Waals surface area contributed by atoms with Gasteiger partial charge in [-0.2, -0.15) is 0 Å². The summed E-state index contributed by atoms with van der Waals surface area (Å²) in [5.41, 5.74) is 4.33. The molecule has 1 heterocycles. The Balaban J connectivity index is 2.19. The third kappa shape index (κ3) is 6.63. The van der Waals surface area contributed by atoms with Crippen LogP contribution in [0.4, 0.5) is 10.5 Å². The van der Waals surface area contributed by atoms with Crippen molar-refractivity contribution in [2.24, 2.45) is 0 Å². The Bertz CT molecular complexity index is 1300. The van der Waals surface area contributed by atoms with Crippen molar-refractivity contribution in [1.29, 1.82) is 0 Å². The molecule has 0 fully saturated rings. The van der Waals surface area contributed by atoms with Gasteiger partial charge < -0.3 is 14.2 Å². The third-order valence-corrected chi connectivity index (χ3v) is 6.46. The van der Waals surface area contributed by atoms with Gasteiger partial charge in [0.05, 0.1) is 32.0 Å². The van der Waals surface area contributed by atoms with E-state index in [0.717, 1.165) is 27.3 Å². The minimum atomic E-state index is -0.694. The number of aromatic nitrogens is 1. The molecule has 196 valence electrons. The minimum absolute atomic E-state index is 0.174. The summed E-state index contributed by atoms with van der Waals surface area (Å²) < 4.78 is 16.4. The number of anilines is 1. The van der Waals surface area contributed by atoms with Crippen LogP contribution in [0.15, 0.2) is 53.6 Å². The fourth-order valence-electron chi connectivity index (χ4n) is 3.99. The number of aryl methyl sites for hydroxylation is 1. The van der Waals surface area contributed by atoms with Crippen LogP contribution < -0.4 is 9.64 Å². The molecule has 0 saturated heterocycles. The molecule has 3 aromatic rings. The summed E-state index contributed by atoms with van der Waals surface area (Å²) in [5.74, 6) is 0.307. The maximum absolute atomic E-state index is 13.5. The minimum Gasteiger partial charge on any atom is -0.496 e. The molecule has 0 spiro atoms. The lowest BCUT2D eigenvalue weighted by Gasteiger charge is -2.28. The lowest BCUT2D eigenvalue weighted by atomic mass is 9.99. The zero-order chi connectivity index (χ0) is 27.3. The van der Waals surface area contributed by atoms with Crippen molar-refractivity contribution in [1.82, 2.24) is 4.98 Å². The van der Waals surface area contributed by atoms with E-state index in [1.54, 1.807) is 42.1 Å². The fraction of sp³-hybridized carbons (Fsp3) is 0.345. The number of amides is 1. The molecule has 0 N–H and O–H groups in total. The van der Waals surface area contributed by atoms with Gasteiger partial charge in [0.2, 0.25) is 0 Å². The fourth-order valence-corrected chi connectivity index (χ4v) is 4.48. The second kappa shape index (κ2) is 11.7. The summed E-state index contributed by atoms with van der Waals surface area (Å²) in [6.07, 6.45) is 3.20. The van der Waals surface area contributed by atoms with Gasteiger partial charge in [0.1, 0.15) is 11.4 Å². The van der Waals surface area contributed by atoms with Crippen molar-refractivity contribution in [3.8, 4) is 16.9 Å². The summed E-state index contributed by atoms with van der Waals surface area (Å²) in [6.45, 7) is 9.53. The quantitative estimate of drug-likeness (QED) is 0.249. The van der Waals surface area contributed by atoms with Crippen LogP contribution in [0.1, 0.15) is 48.0 Å². The second-order valence-corrected chi connectivity index (χ2v) is 10.4. The molecule has 1 aromatic heterocycles. The molecular formula is C29H34N2O5S. The smallest absolute Gasteiger partial charge is 0.415 e. The molecule has 0 unspecified atom stereocenters. The largest absolute Gasteiger partial charge is 0.496 e. The number of nitrogens with zero attached hydrogens (tertiary/aromatic N) is 2. The van der Waals surface area contributed by atoms with Gasteiger partial charge >= 0.3 is 12.1 Å². The van der Waals surface area contributed by atoms with Crippen molar-refractivity contribution in [3.63, 3.8) is 0 Å². The van der Waals surface area contributed by atoms with Crippen molar-refractivity contribution in [2.45, 2.75) is 51.7 Å². The van der Waals surface area contributed by atoms with Crippen LogP contribution in [0, 0.1) is 13.8 Å². The average molecular weight is 523 g/mol. The first kappa shape index (κ1) is 28.1.